The number of nitrogens with zero attached hydrogens (tertiary/aromatic N) is 2. The molecule has 0 bridgehead atoms. The maximum Gasteiger partial charge on any atom is 0.152 e. The van der Waals surface area contributed by atoms with Crippen LogP contribution >= 0.6 is 0 Å². The van der Waals surface area contributed by atoms with E-state index in [2.05, 4.69) is 17.9 Å². The van der Waals surface area contributed by atoms with Crippen LogP contribution in [0.25, 0.3) is 0 Å². The number of aryl methyl sites for hydroxylation is 1. The minimum absolute atomic E-state index is 0.641. The summed E-state index contributed by atoms with van der Waals surface area (Å²) in [6.07, 6.45) is 0. The van der Waals surface area contributed by atoms with Gasteiger partial charge in [0.2, 0.25) is 0 Å². The van der Waals surface area contributed by atoms with Crippen LogP contribution in [0.5, 0.6) is 0 Å². The Kier molecular flexibility index (Phi) is 2.69. The SMILES string of the molecule is Cc1cc(C#CC#N)ccc1C#N. The molecule has 0 radical (unpaired) electrons. The Balaban J connectivity index is 3.13. The summed E-state index contributed by atoms with van der Waals surface area (Å²) in [6, 6.07) is 9.04. The van der Waals surface area contributed by atoms with Crippen molar-refractivity contribution >= 4 is 0 Å². The van der Waals surface area contributed by atoms with Crippen LogP contribution in [0.3, 0.4) is 0 Å². The molecule has 0 N–H and O–H groups in total. The lowest BCUT2D eigenvalue weighted by Crippen LogP contribution is -1.83. The van der Waals surface area contributed by atoms with Crippen LogP contribution < -0.4 is 0 Å². The van der Waals surface area contributed by atoms with Gasteiger partial charge in [-0.1, -0.05) is 5.92 Å². The third-order valence-corrected chi connectivity index (χ3v) is 1.61. The van der Waals surface area contributed by atoms with Crippen LogP contribution in [-0.4, -0.2) is 0 Å². The van der Waals surface area contributed by atoms with E-state index in [9.17, 15) is 0 Å². The van der Waals surface area contributed by atoms with Gasteiger partial charge in [-0.05, 0) is 30.7 Å². The van der Waals surface area contributed by atoms with Gasteiger partial charge in [-0.3, -0.25) is 0 Å². The largest absolute Gasteiger partial charge is 0.192 e. The van der Waals surface area contributed by atoms with E-state index in [1.54, 1.807) is 24.3 Å². The molecule has 0 aromatic heterocycles. The molecule has 0 atom stereocenters. The first-order chi connectivity index (χ1) is 6.27. The van der Waals surface area contributed by atoms with Crippen molar-refractivity contribution in [1.82, 2.24) is 0 Å². The third-order valence-electron chi connectivity index (χ3n) is 1.61. The summed E-state index contributed by atoms with van der Waals surface area (Å²) in [5, 5.41) is 16.9. The summed E-state index contributed by atoms with van der Waals surface area (Å²) in [6.45, 7) is 1.84. The molecule has 0 amide bonds. The molecule has 0 spiro atoms. The molecule has 0 saturated carbocycles. The fourth-order valence-electron chi connectivity index (χ4n) is 0.967. The number of benzene rings is 1. The Hall–Kier alpha value is -2.24. The Bertz CT molecular complexity index is 462. The highest BCUT2D eigenvalue weighted by molar-refractivity contribution is 5.46. The van der Waals surface area contributed by atoms with Gasteiger partial charge in [0.15, 0.2) is 6.07 Å². The molecule has 1 rings (SSSR count). The van der Waals surface area contributed by atoms with Crippen molar-refractivity contribution in [3.05, 3.63) is 34.9 Å². The van der Waals surface area contributed by atoms with E-state index < -0.39 is 0 Å². The second-order valence-corrected chi connectivity index (χ2v) is 2.50. The molecule has 2 nitrogen and oxygen atoms in total. The molecule has 0 unspecified atom stereocenters. The van der Waals surface area contributed by atoms with Gasteiger partial charge in [0.05, 0.1) is 11.6 Å². The summed E-state index contributed by atoms with van der Waals surface area (Å²) < 4.78 is 0. The molecule has 1 aromatic rings. The van der Waals surface area contributed by atoms with Crippen molar-refractivity contribution in [3.8, 4) is 24.0 Å². The smallest absolute Gasteiger partial charge is 0.152 e. The van der Waals surface area contributed by atoms with E-state index in [0.717, 1.165) is 11.1 Å². The molecule has 0 fully saturated rings. The van der Waals surface area contributed by atoms with Gasteiger partial charge in [0.1, 0.15) is 0 Å². The zero-order valence-corrected chi connectivity index (χ0v) is 7.13. The molecule has 0 aliphatic heterocycles. The molecule has 0 aliphatic carbocycles. The number of rotatable bonds is 0. The molecule has 0 aliphatic rings. The van der Waals surface area contributed by atoms with Crippen LogP contribution in [-0.2, 0) is 0 Å². The first-order valence-corrected chi connectivity index (χ1v) is 3.69. The highest BCUT2D eigenvalue weighted by Gasteiger charge is 1.95. The van der Waals surface area contributed by atoms with Crippen molar-refractivity contribution < 1.29 is 0 Å². The van der Waals surface area contributed by atoms with Gasteiger partial charge >= 0.3 is 0 Å². The van der Waals surface area contributed by atoms with Gasteiger partial charge in [0.25, 0.3) is 0 Å². The minimum atomic E-state index is 0.641. The summed E-state index contributed by atoms with van der Waals surface area (Å²) >= 11 is 0. The normalized spacial score (nSPS) is 7.62. The Labute approximate surface area is 77.0 Å². The van der Waals surface area contributed by atoms with E-state index >= 15 is 0 Å². The van der Waals surface area contributed by atoms with Crippen LogP contribution in [0, 0.1) is 41.4 Å². The standard InChI is InChI=1S/C11H6N2/c1-9-7-10(3-2-6-12)4-5-11(9)8-13/h4-5,7H,1H3. The van der Waals surface area contributed by atoms with E-state index in [1.807, 2.05) is 6.92 Å². The molecular formula is C11H6N2. The number of nitriles is 2. The van der Waals surface area contributed by atoms with Gasteiger partial charge in [-0.25, -0.2) is 0 Å². The van der Waals surface area contributed by atoms with Crippen molar-refractivity contribution in [3.63, 3.8) is 0 Å². The average Bonchev–Trinajstić information content (AvgIpc) is 2.15. The lowest BCUT2D eigenvalue weighted by Gasteiger charge is -1.95. The van der Waals surface area contributed by atoms with Gasteiger partial charge in [-0.2, -0.15) is 10.5 Å². The van der Waals surface area contributed by atoms with Crippen LogP contribution in [0.1, 0.15) is 16.7 Å². The topological polar surface area (TPSA) is 47.6 Å². The molecule has 1 aromatic carbocycles. The predicted molar refractivity (Wildman–Crippen MR) is 48.4 cm³/mol. The quantitative estimate of drug-likeness (QED) is 0.551. The maximum absolute atomic E-state index is 8.65. The van der Waals surface area contributed by atoms with E-state index in [-0.39, 0.29) is 0 Å². The van der Waals surface area contributed by atoms with Crippen LogP contribution in [0.2, 0.25) is 0 Å². The molecule has 2 heteroatoms. The highest BCUT2D eigenvalue weighted by atomic mass is 14.2. The summed E-state index contributed by atoms with van der Waals surface area (Å²) in [4.78, 5) is 0. The maximum atomic E-state index is 8.65. The van der Waals surface area contributed by atoms with E-state index in [0.29, 0.717) is 5.56 Å². The fourth-order valence-corrected chi connectivity index (χ4v) is 0.967. The van der Waals surface area contributed by atoms with Crippen LogP contribution in [0.15, 0.2) is 18.2 Å². The van der Waals surface area contributed by atoms with Gasteiger partial charge in [-0.15, -0.1) is 0 Å². The summed E-state index contributed by atoms with van der Waals surface area (Å²) in [7, 11) is 0. The summed E-state index contributed by atoms with van der Waals surface area (Å²) in [5.74, 6) is 4.97. The average molecular weight is 166 g/mol. The fraction of sp³-hybridized carbons (Fsp3) is 0.0909. The van der Waals surface area contributed by atoms with Gasteiger partial charge in [0, 0.05) is 11.5 Å². The van der Waals surface area contributed by atoms with Crippen molar-refractivity contribution in [2.24, 2.45) is 0 Å². The first-order valence-electron chi connectivity index (χ1n) is 3.69. The zero-order valence-electron chi connectivity index (χ0n) is 7.13. The number of hydrogen-bond acceptors (Lipinski definition) is 2. The zero-order chi connectivity index (χ0) is 9.68. The molecule has 0 heterocycles. The predicted octanol–water partition coefficient (Wildman–Crippen LogP) is 1.74. The van der Waals surface area contributed by atoms with Crippen LogP contribution in [0.4, 0.5) is 0 Å². The first kappa shape index (κ1) is 8.85. The van der Waals surface area contributed by atoms with E-state index in [1.165, 1.54) is 0 Å². The second kappa shape index (κ2) is 3.96. The van der Waals surface area contributed by atoms with E-state index in [4.69, 9.17) is 10.5 Å². The molecular weight excluding hydrogens is 160 g/mol. The minimum Gasteiger partial charge on any atom is -0.192 e. The molecule has 60 valence electrons. The monoisotopic (exact) mass is 166 g/mol. The van der Waals surface area contributed by atoms with Crippen molar-refractivity contribution in [1.29, 1.82) is 10.5 Å². The molecule has 0 saturated heterocycles. The summed E-state index contributed by atoms with van der Waals surface area (Å²) in [5.41, 5.74) is 2.28. The highest BCUT2D eigenvalue weighted by Crippen LogP contribution is 2.08. The van der Waals surface area contributed by atoms with Crippen molar-refractivity contribution in [2.45, 2.75) is 6.92 Å². The number of hydrogen-bond donors (Lipinski definition) is 0. The Morgan fingerprint density at radius 1 is 1.23 bits per heavy atom. The van der Waals surface area contributed by atoms with Gasteiger partial charge < -0.3 is 0 Å². The second-order valence-electron chi connectivity index (χ2n) is 2.50. The lowest BCUT2D eigenvalue weighted by atomic mass is 10.1. The lowest BCUT2D eigenvalue weighted by molar-refractivity contribution is 1.38. The van der Waals surface area contributed by atoms with Crippen molar-refractivity contribution in [2.75, 3.05) is 0 Å². The molecule has 13 heavy (non-hydrogen) atoms. The third kappa shape index (κ3) is 2.09. The Morgan fingerprint density at radius 2 is 2.00 bits per heavy atom. The Morgan fingerprint density at radius 3 is 2.54 bits per heavy atom.